The van der Waals surface area contributed by atoms with Crippen LogP contribution in [0.4, 0.5) is 5.69 Å². The molecule has 0 saturated carbocycles. The van der Waals surface area contributed by atoms with Crippen LogP contribution in [-0.4, -0.2) is 30.2 Å². The van der Waals surface area contributed by atoms with E-state index in [0.29, 0.717) is 23.6 Å². The lowest BCUT2D eigenvalue weighted by Crippen LogP contribution is -2.13. The minimum Gasteiger partial charge on any atom is -0.494 e. The molecule has 0 aliphatic heterocycles. The quantitative estimate of drug-likeness (QED) is 0.321. The summed E-state index contributed by atoms with van der Waals surface area (Å²) in [5.41, 5.74) is 4.17. The van der Waals surface area contributed by atoms with E-state index >= 15 is 0 Å². The minimum absolute atomic E-state index is 0.0274. The van der Waals surface area contributed by atoms with Crippen molar-refractivity contribution in [3.8, 4) is 17.5 Å². The van der Waals surface area contributed by atoms with Crippen LogP contribution in [0.3, 0.4) is 0 Å². The van der Waals surface area contributed by atoms with Crippen molar-refractivity contribution in [2.75, 3.05) is 19.0 Å². The summed E-state index contributed by atoms with van der Waals surface area (Å²) in [4.78, 5) is 24.7. The van der Waals surface area contributed by atoms with Crippen LogP contribution in [0.1, 0.15) is 34.2 Å². The van der Waals surface area contributed by atoms with Gasteiger partial charge < -0.3 is 19.4 Å². The van der Waals surface area contributed by atoms with Crippen LogP contribution < -0.4 is 10.1 Å². The summed E-state index contributed by atoms with van der Waals surface area (Å²) in [6, 6.07) is 18.0. The van der Waals surface area contributed by atoms with Crippen LogP contribution in [-0.2, 0) is 9.53 Å². The molecule has 1 aromatic heterocycles. The third kappa shape index (κ3) is 5.31. The van der Waals surface area contributed by atoms with Gasteiger partial charge in [-0.05, 0) is 68.8 Å². The van der Waals surface area contributed by atoms with Crippen molar-refractivity contribution < 1.29 is 19.1 Å². The normalized spacial score (nSPS) is 10.9. The van der Waals surface area contributed by atoms with Gasteiger partial charge in [0.15, 0.2) is 0 Å². The Bertz CT molecular complexity index is 1260. The number of nitrogens with one attached hydrogen (secondary N) is 1. The number of aromatic nitrogens is 1. The zero-order valence-electron chi connectivity index (χ0n) is 19.0. The Balaban J connectivity index is 1.91. The number of carbonyl (C=O) groups excluding carboxylic acids is 2. The predicted molar refractivity (Wildman–Crippen MR) is 126 cm³/mol. The van der Waals surface area contributed by atoms with Gasteiger partial charge in [-0.15, -0.1) is 0 Å². The molecule has 0 radical (unpaired) electrons. The van der Waals surface area contributed by atoms with Gasteiger partial charge in [-0.1, -0.05) is 12.1 Å². The number of hydrogen-bond acceptors (Lipinski definition) is 5. The van der Waals surface area contributed by atoms with Crippen molar-refractivity contribution in [2.24, 2.45) is 0 Å². The molecule has 168 valence electrons. The van der Waals surface area contributed by atoms with Crippen LogP contribution >= 0.6 is 0 Å². The van der Waals surface area contributed by atoms with Crippen molar-refractivity contribution in [3.05, 3.63) is 82.7 Å². The largest absolute Gasteiger partial charge is 0.494 e. The number of rotatable bonds is 7. The van der Waals surface area contributed by atoms with Crippen molar-refractivity contribution >= 4 is 23.6 Å². The molecule has 1 amide bonds. The second kappa shape index (κ2) is 10.3. The molecular weight excluding hydrogens is 418 g/mol. The van der Waals surface area contributed by atoms with Gasteiger partial charge in [-0.25, -0.2) is 4.79 Å². The lowest BCUT2D eigenvalue weighted by Gasteiger charge is -2.11. The lowest BCUT2D eigenvalue weighted by atomic mass is 10.1. The molecule has 0 aliphatic rings. The van der Waals surface area contributed by atoms with Crippen molar-refractivity contribution in [3.63, 3.8) is 0 Å². The summed E-state index contributed by atoms with van der Waals surface area (Å²) in [5, 5.41) is 12.4. The second-order valence-electron chi connectivity index (χ2n) is 7.29. The van der Waals surface area contributed by atoms with E-state index in [1.165, 1.54) is 7.11 Å². The average molecular weight is 444 g/mol. The molecule has 2 aromatic carbocycles. The van der Waals surface area contributed by atoms with E-state index in [1.54, 1.807) is 48.5 Å². The number of hydrogen-bond donors (Lipinski definition) is 1. The number of amides is 1. The number of nitriles is 1. The molecule has 3 rings (SSSR count). The zero-order chi connectivity index (χ0) is 24.0. The van der Waals surface area contributed by atoms with Gasteiger partial charge in [0, 0.05) is 28.8 Å². The first kappa shape index (κ1) is 23.4. The van der Waals surface area contributed by atoms with E-state index in [9.17, 15) is 14.9 Å². The van der Waals surface area contributed by atoms with Crippen LogP contribution in [0.5, 0.6) is 5.75 Å². The maximum Gasteiger partial charge on any atom is 0.337 e. The lowest BCUT2D eigenvalue weighted by molar-refractivity contribution is -0.112. The molecule has 33 heavy (non-hydrogen) atoms. The Kier molecular flexibility index (Phi) is 7.31. The Morgan fingerprint density at radius 3 is 2.58 bits per heavy atom. The van der Waals surface area contributed by atoms with Crippen LogP contribution in [0.2, 0.25) is 0 Å². The number of carbonyl (C=O) groups is 2. The SMILES string of the molecule is CCOc1cccc(NC(=O)C(C#N)=Cc2cc(C)n(-c3cccc(C(=O)OC)c3)c2C)c1. The minimum atomic E-state index is -0.511. The van der Waals surface area contributed by atoms with Gasteiger partial charge in [0.1, 0.15) is 17.4 Å². The molecule has 0 spiro atoms. The number of ether oxygens (including phenoxy) is 2. The van der Waals surface area contributed by atoms with Crippen LogP contribution in [0.15, 0.2) is 60.2 Å². The Morgan fingerprint density at radius 1 is 1.12 bits per heavy atom. The summed E-state index contributed by atoms with van der Waals surface area (Å²) >= 11 is 0. The number of benzene rings is 2. The first-order chi connectivity index (χ1) is 15.9. The van der Waals surface area contributed by atoms with E-state index in [1.807, 2.05) is 43.5 Å². The molecule has 1 heterocycles. The van der Waals surface area contributed by atoms with Crippen molar-refractivity contribution in [1.82, 2.24) is 4.57 Å². The standard InChI is InChI=1S/C26H25N3O4/c1-5-33-24-11-7-9-22(15-24)28-25(30)21(16-27)13-20-12-17(2)29(18(20)3)23-10-6-8-19(14-23)26(31)32-4/h6-15H,5H2,1-4H3,(H,28,30). The van der Waals surface area contributed by atoms with Crippen LogP contribution in [0, 0.1) is 25.2 Å². The van der Waals surface area contributed by atoms with Crippen LogP contribution in [0.25, 0.3) is 11.8 Å². The fourth-order valence-corrected chi connectivity index (χ4v) is 3.55. The number of anilines is 1. The molecule has 7 heteroatoms. The van der Waals surface area contributed by atoms with Gasteiger partial charge in [0.2, 0.25) is 0 Å². The molecule has 3 aromatic rings. The molecule has 7 nitrogen and oxygen atoms in total. The molecule has 0 saturated heterocycles. The van der Waals surface area contributed by atoms with Gasteiger partial charge >= 0.3 is 5.97 Å². The highest BCUT2D eigenvalue weighted by Gasteiger charge is 2.15. The van der Waals surface area contributed by atoms with Gasteiger partial charge in [-0.2, -0.15) is 5.26 Å². The molecule has 0 fully saturated rings. The summed E-state index contributed by atoms with van der Waals surface area (Å²) in [5.74, 6) is -0.296. The van der Waals surface area contributed by atoms with Gasteiger partial charge in [0.25, 0.3) is 5.91 Å². The highest BCUT2D eigenvalue weighted by atomic mass is 16.5. The van der Waals surface area contributed by atoms with Crippen molar-refractivity contribution in [2.45, 2.75) is 20.8 Å². The summed E-state index contributed by atoms with van der Waals surface area (Å²) in [6.07, 6.45) is 1.56. The maximum absolute atomic E-state index is 12.7. The Labute approximate surface area is 192 Å². The van der Waals surface area contributed by atoms with E-state index in [-0.39, 0.29) is 5.57 Å². The fraction of sp³-hybridized carbons (Fsp3) is 0.192. The summed E-state index contributed by atoms with van der Waals surface area (Å²) < 4.78 is 12.2. The third-order valence-electron chi connectivity index (χ3n) is 5.06. The molecule has 0 unspecified atom stereocenters. The molecule has 0 aliphatic carbocycles. The highest BCUT2D eigenvalue weighted by Crippen LogP contribution is 2.24. The van der Waals surface area contributed by atoms with Gasteiger partial charge in [-0.3, -0.25) is 4.79 Å². The maximum atomic E-state index is 12.7. The van der Waals surface area contributed by atoms with E-state index in [0.717, 1.165) is 22.6 Å². The molecule has 0 bridgehead atoms. The summed E-state index contributed by atoms with van der Waals surface area (Å²) in [7, 11) is 1.34. The zero-order valence-corrected chi connectivity index (χ0v) is 19.0. The molecular formula is C26H25N3O4. The topological polar surface area (TPSA) is 93.4 Å². The number of methoxy groups -OCH3 is 1. The Morgan fingerprint density at radius 2 is 1.88 bits per heavy atom. The highest BCUT2D eigenvalue weighted by molar-refractivity contribution is 6.09. The third-order valence-corrected chi connectivity index (χ3v) is 5.06. The first-order valence-corrected chi connectivity index (χ1v) is 10.4. The average Bonchev–Trinajstić information content (AvgIpc) is 3.09. The van der Waals surface area contributed by atoms with Crippen molar-refractivity contribution in [1.29, 1.82) is 5.26 Å². The Hall–Kier alpha value is -4.31. The van der Waals surface area contributed by atoms with E-state index in [2.05, 4.69) is 5.32 Å². The van der Waals surface area contributed by atoms with E-state index < -0.39 is 11.9 Å². The molecule has 0 atom stereocenters. The van der Waals surface area contributed by atoms with Gasteiger partial charge in [0.05, 0.1) is 19.3 Å². The second-order valence-corrected chi connectivity index (χ2v) is 7.29. The fourth-order valence-electron chi connectivity index (χ4n) is 3.55. The summed E-state index contributed by atoms with van der Waals surface area (Å²) in [6.45, 7) is 6.20. The monoisotopic (exact) mass is 443 g/mol. The first-order valence-electron chi connectivity index (χ1n) is 10.4. The number of nitrogens with zero attached hydrogens (tertiary/aromatic N) is 2. The smallest absolute Gasteiger partial charge is 0.337 e. The number of esters is 1. The molecule has 1 N–H and O–H groups in total. The predicted octanol–water partition coefficient (Wildman–Crippen LogP) is 4.83. The van der Waals surface area contributed by atoms with E-state index in [4.69, 9.17) is 9.47 Å². The number of aryl methyl sites for hydroxylation is 1.